The Morgan fingerprint density at radius 3 is 2.53 bits per heavy atom. The van der Waals surface area contributed by atoms with Gasteiger partial charge in [-0.3, -0.25) is 4.79 Å². The van der Waals surface area contributed by atoms with E-state index in [0.29, 0.717) is 12.6 Å². The van der Waals surface area contributed by atoms with E-state index in [9.17, 15) is 9.18 Å². The smallest absolute Gasteiger partial charge is 0.217 e. The Hall–Kier alpha value is -2.40. The molecule has 5 heteroatoms. The number of aryl methyl sites for hydroxylation is 1. The standard InChI is InChI=1S/C25H32FN3O/c1-19(30)27-18-21-4-7-22-10-16-29(25(22)17-21)24-11-14-28(15-12-24)13-2-3-20-5-8-23(26)9-6-20/h4-9,17,24H,2-3,10-16,18H2,1H3,(H,27,30). The van der Waals surface area contributed by atoms with Crippen LogP contribution in [-0.2, 0) is 24.2 Å². The van der Waals surface area contributed by atoms with Crippen LogP contribution in [0.1, 0.15) is 42.9 Å². The molecule has 2 aromatic rings. The Morgan fingerprint density at radius 2 is 1.80 bits per heavy atom. The summed E-state index contributed by atoms with van der Waals surface area (Å²) in [6.07, 6.45) is 5.65. The monoisotopic (exact) mass is 409 g/mol. The molecule has 1 fully saturated rings. The van der Waals surface area contributed by atoms with Crippen molar-refractivity contribution in [1.29, 1.82) is 0 Å². The summed E-state index contributed by atoms with van der Waals surface area (Å²) in [6.45, 7) is 6.67. The second-order valence-corrected chi connectivity index (χ2v) is 8.62. The molecule has 2 aromatic carbocycles. The number of piperidine rings is 1. The van der Waals surface area contributed by atoms with Crippen LogP contribution in [0.5, 0.6) is 0 Å². The minimum atomic E-state index is -0.161. The van der Waals surface area contributed by atoms with E-state index in [1.54, 1.807) is 19.1 Å². The molecule has 0 unspecified atom stereocenters. The number of likely N-dealkylation sites (tertiary alicyclic amines) is 1. The van der Waals surface area contributed by atoms with Crippen LogP contribution in [0.15, 0.2) is 42.5 Å². The van der Waals surface area contributed by atoms with Gasteiger partial charge in [-0.2, -0.15) is 0 Å². The second kappa shape index (κ2) is 9.61. The van der Waals surface area contributed by atoms with Crippen LogP contribution in [0.4, 0.5) is 10.1 Å². The SMILES string of the molecule is CC(=O)NCc1ccc2c(c1)N(C1CCN(CCCc3ccc(F)cc3)CC1)CC2. The van der Waals surface area contributed by atoms with Crippen molar-refractivity contribution in [1.82, 2.24) is 10.2 Å². The summed E-state index contributed by atoms with van der Waals surface area (Å²) in [6, 6.07) is 14.1. The third kappa shape index (κ3) is 5.20. The van der Waals surface area contributed by atoms with Gasteiger partial charge in [0.05, 0.1) is 0 Å². The highest BCUT2D eigenvalue weighted by Gasteiger charge is 2.29. The summed E-state index contributed by atoms with van der Waals surface area (Å²) in [4.78, 5) is 16.4. The van der Waals surface area contributed by atoms with Gasteiger partial charge in [-0.05, 0) is 73.5 Å². The summed E-state index contributed by atoms with van der Waals surface area (Å²) in [7, 11) is 0. The van der Waals surface area contributed by atoms with Crippen molar-refractivity contribution in [2.24, 2.45) is 0 Å². The fourth-order valence-corrected chi connectivity index (χ4v) is 4.78. The van der Waals surface area contributed by atoms with Crippen molar-refractivity contribution >= 4 is 11.6 Å². The molecule has 4 nitrogen and oxygen atoms in total. The van der Waals surface area contributed by atoms with E-state index < -0.39 is 0 Å². The van der Waals surface area contributed by atoms with Gasteiger partial charge in [0.1, 0.15) is 5.82 Å². The summed E-state index contributed by atoms with van der Waals surface area (Å²) in [5.41, 5.74) is 5.19. The molecule has 2 heterocycles. The first-order valence-electron chi connectivity index (χ1n) is 11.2. The molecular weight excluding hydrogens is 377 g/mol. The van der Waals surface area contributed by atoms with E-state index in [2.05, 4.69) is 33.3 Å². The van der Waals surface area contributed by atoms with Crippen molar-refractivity contribution in [3.8, 4) is 0 Å². The zero-order valence-electron chi connectivity index (χ0n) is 17.9. The van der Waals surface area contributed by atoms with Gasteiger partial charge in [0.15, 0.2) is 0 Å². The second-order valence-electron chi connectivity index (χ2n) is 8.62. The fraction of sp³-hybridized carbons (Fsp3) is 0.480. The predicted molar refractivity (Wildman–Crippen MR) is 119 cm³/mol. The number of benzene rings is 2. The minimum absolute atomic E-state index is 0.0131. The number of nitrogens with zero attached hydrogens (tertiary/aromatic N) is 2. The molecule has 160 valence electrons. The first kappa shape index (κ1) is 20.9. The lowest BCUT2D eigenvalue weighted by Crippen LogP contribution is -2.44. The van der Waals surface area contributed by atoms with Crippen molar-refractivity contribution < 1.29 is 9.18 Å². The molecule has 0 saturated carbocycles. The number of fused-ring (bicyclic) bond motifs is 1. The molecule has 2 aliphatic rings. The largest absolute Gasteiger partial charge is 0.368 e. The Bertz CT molecular complexity index is 859. The van der Waals surface area contributed by atoms with E-state index >= 15 is 0 Å². The topological polar surface area (TPSA) is 35.6 Å². The number of carbonyl (C=O) groups is 1. The number of carbonyl (C=O) groups excluding carboxylic acids is 1. The van der Waals surface area contributed by atoms with E-state index in [-0.39, 0.29) is 11.7 Å². The van der Waals surface area contributed by atoms with Crippen LogP contribution >= 0.6 is 0 Å². The number of hydrogen-bond donors (Lipinski definition) is 1. The molecule has 4 rings (SSSR count). The average molecular weight is 410 g/mol. The number of rotatable bonds is 7. The molecule has 0 atom stereocenters. The fourth-order valence-electron chi connectivity index (χ4n) is 4.78. The van der Waals surface area contributed by atoms with Crippen LogP contribution in [0.2, 0.25) is 0 Å². The van der Waals surface area contributed by atoms with Gasteiger partial charge >= 0.3 is 0 Å². The molecule has 0 aliphatic carbocycles. The molecular formula is C25H32FN3O. The highest BCUT2D eigenvalue weighted by molar-refractivity contribution is 5.73. The summed E-state index contributed by atoms with van der Waals surface area (Å²) in [5.74, 6) is -0.148. The zero-order valence-corrected chi connectivity index (χ0v) is 17.9. The van der Waals surface area contributed by atoms with Crippen molar-refractivity contribution in [3.05, 3.63) is 65.0 Å². The van der Waals surface area contributed by atoms with Gasteiger partial charge in [0.2, 0.25) is 5.91 Å². The first-order valence-corrected chi connectivity index (χ1v) is 11.2. The molecule has 0 spiro atoms. The molecule has 0 bridgehead atoms. The predicted octanol–water partition coefficient (Wildman–Crippen LogP) is 3.92. The van der Waals surface area contributed by atoms with Gasteiger partial charge in [-0.15, -0.1) is 0 Å². The molecule has 1 amide bonds. The van der Waals surface area contributed by atoms with Gasteiger partial charge in [0, 0.05) is 44.8 Å². The Morgan fingerprint density at radius 1 is 1.07 bits per heavy atom. The van der Waals surface area contributed by atoms with Gasteiger partial charge in [-0.1, -0.05) is 24.3 Å². The number of halogens is 1. The lowest BCUT2D eigenvalue weighted by molar-refractivity contribution is -0.119. The highest BCUT2D eigenvalue weighted by atomic mass is 19.1. The number of nitrogens with one attached hydrogen (secondary N) is 1. The maximum Gasteiger partial charge on any atom is 0.217 e. The van der Waals surface area contributed by atoms with Gasteiger partial charge in [-0.25, -0.2) is 4.39 Å². The van der Waals surface area contributed by atoms with E-state index in [4.69, 9.17) is 0 Å². The quantitative estimate of drug-likeness (QED) is 0.753. The van der Waals surface area contributed by atoms with Gasteiger partial charge in [0.25, 0.3) is 0 Å². The highest BCUT2D eigenvalue weighted by Crippen LogP contribution is 2.33. The first-order chi connectivity index (χ1) is 14.6. The number of anilines is 1. The van der Waals surface area contributed by atoms with Gasteiger partial charge < -0.3 is 15.1 Å². The van der Waals surface area contributed by atoms with Crippen molar-refractivity contribution in [2.75, 3.05) is 31.1 Å². The average Bonchev–Trinajstić information content (AvgIpc) is 3.17. The lowest BCUT2D eigenvalue weighted by atomic mass is 10.0. The normalized spacial score (nSPS) is 17.2. The summed E-state index contributed by atoms with van der Waals surface area (Å²) < 4.78 is 13.0. The maximum absolute atomic E-state index is 13.0. The van der Waals surface area contributed by atoms with E-state index in [0.717, 1.165) is 45.4 Å². The lowest BCUT2D eigenvalue weighted by Gasteiger charge is -2.38. The van der Waals surface area contributed by atoms with Crippen LogP contribution < -0.4 is 10.2 Å². The third-order valence-corrected chi connectivity index (χ3v) is 6.47. The number of amides is 1. The molecule has 1 saturated heterocycles. The molecule has 0 radical (unpaired) electrons. The van der Waals surface area contributed by atoms with Crippen molar-refractivity contribution in [2.45, 2.75) is 51.6 Å². The molecule has 30 heavy (non-hydrogen) atoms. The molecule has 0 aromatic heterocycles. The maximum atomic E-state index is 13.0. The van der Waals surface area contributed by atoms with E-state index in [1.807, 2.05) is 12.1 Å². The van der Waals surface area contributed by atoms with Crippen LogP contribution in [-0.4, -0.2) is 43.0 Å². The van der Waals surface area contributed by atoms with Crippen LogP contribution in [0.3, 0.4) is 0 Å². The number of hydrogen-bond acceptors (Lipinski definition) is 3. The summed E-state index contributed by atoms with van der Waals surface area (Å²) in [5, 5.41) is 2.90. The minimum Gasteiger partial charge on any atom is -0.368 e. The van der Waals surface area contributed by atoms with Crippen molar-refractivity contribution in [3.63, 3.8) is 0 Å². The van der Waals surface area contributed by atoms with E-state index in [1.165, 1.54) is 35.2 Å². The molecule has 1 N–H and O–H groups in total. The third-order valence-electron chi connectivity index (χ3n) is 6.47. The van der Waals surface area contributed by atoms with Crippen LogP contribution in [0.25, 0.3) is 0 Å². The van der Waals surface area contributed by atoms with Crippen LogP contribution in [0, 0.1) is 5.82 Å². The molecule has 2 aliphatic heterocycles. The Balaban J connectivity index is 1.26. The zero-order chi connectivity index (χ0) is 20.9. The summed E-state index contributed by atoms with van der Waals surface area (Å²) >= 11 is 0. The Kier molecular flexibility index (Phi) is 6.68. The Labute approximate surface area is 179 Å².